The molecule has 0 fully saturated rings. The molecule has 182 valence electrons. The van der Waals surface area contributed by atoms with Crippen LogP contribution in [0.1, 0.15) is 5.56 Å². The SMILES string of the molecule is COc1cccc(CNC(=O)Nc2ccc(-c3ncnc4[nH]ccc34)cc2)c1.O=C(O)C(F)(F)F. The third kappa shape index (κ3) is 6.93. The Bertz CT molecular complexity index is 1310. The molecule has 2 aromatic carbocycles. The van der Waals surface area contributed by atoms with Gasteiger partial charge in [0.2, 0.25) is 0 Å². The van der Waals surface area contributed by atoms with Crippen LogP contribution in [0.4, 0.5) is 23.7 Å². The molecule has 0 aliphatic carbocycles. The number of aromatic nitrogens is 3. The number of ether oxygens (including phenoxy) is 1. The number of alkyl halides is 3. The predicted octanol–water partition coefficient (Wildman–Crippen LogP) is 4.59. The number of carbonyl (C=O) groups is 2. The van der Waals surface area contributed by atoms with Crippen LogP contribution in [-0.2, 0) is 11.3 Å². The molecular weight excluding hydrogens is 467 g/mol. The van der Waals surface area contributed by atoms with Gasteiger partial charge >= 0.3 is 18.2 Å². The summed E-state index contributed by atoms with van der Waals surface area (Å²) in [5.41, 5.74) is 4.26. The van der Waals surface area contributed by atoms with E-state index in [9.17, 15) is 18.0 Å². The van der Waals surface area contributed by atoms with Crippen LogP contribution in [0, 0.1) is 0 Å². The number of aromatic amines is 1. The summed E-state index contributed by atoms with van der Waals surface area (Å²) in [7, 11) is 1.62. The van der Waals surface area contributed by atoms with Gasteiger partial charge in [0.05, 0.1) is 12.8 Å². The lowest BCUT2D eigenvalue weighted by Gasteiger charge is -2.09. The molecule has 0 aliphatic rings. The quantitative estimate of drug-likeness (QED) is 0.326. The first kappa shape index (κ1) is 25.0. The van der Waals surface area contributed by atoms with Crippen LogP contribution in [0.15, 0.2) is 67.1 Å². The van der Waals surface area contributed by atoms with Crippen molar-refractivity contribution in [2.75, 3.05) is 12.4 Å². The van der Waals surface area contributed by atoms with Gasteiger partial charge in [0.25, 0.3) is 0 Å². The maximum Gasteiger partial charge on any atom is 0.490 e. The summed E-state index contributed by atoms with van der Waals surface area (Å²) < 4.78 is 36.9. The van der Waals surface area contributed by atoms with Crippen LogP contribution in [0.25, 0.3) is 22.3 Å². The number of rotatable bonds is 5. The maximum absolute atomic E-state index is 12.2. The molecule has 4 rings (SSSR count). The van der Waals surface area contributed by atoms with Crippen LogP contribution in [0.5, 0.6) is 5.75 Å². The molecule has 0 spiro atoms. The van der Waals surface area contributed by atoms with Crippen LogP contribution >= 0.6 is 0 Å². The highest BCUT2D eigenvalue weighted by molar-refractivity contribution is 5.92. The second-order valence-electron chi connectivity index (χ2n) is 7.00. The Morgan fingerprint density at radius 1 is 1.09 bits per heavy atom. The number of nitrogens with one attached hydrogen (secondary N) is 3. The first-order chi connectivity index (χ1) is 16.7. The number of H-pyrrole nitrogens is 1. The number of anilines is 1. The predicted molar refractivity (Wildman–Crippen MR) is 122 cm³/mol. The van der Waals surface area contributed by atoms with Gasteiger partial charge in [-0.1, -0.05) is 24.3 Å². The number of nitrogens with zero attached hydrogens (tertiary/aromatic N) is 2. The fourth-order valence-electron chi connectivity index (χ4n) is 2.95. The summed E-state index contributed by atoms with van der Waals surface area (Å²) in [6, 6.07) is 16.8. The molecule has 35 heavy (non-hydrogen) atoms. The van der Waals surface area contributed by atoms with Crippen LogP contribution < -0.4 is 15.4 Å². The van der Waals surface area contributed by atoms with E-state index in [1.165, 1.54) is 6.33 Å². The second kappa shape index (κ2) is 11.0. The molecule has 0 bridgehead atoms. The summed E-state index contributed by atoms with van der Waals surface area (Å²) in [5.74, 6) is -2.00. The first-order valence-electron chi connectivity index (χ1n) is 10.0. The molecule has 12 heteroatoms. The number of methoxy groups -OCH3 is 1. The van der Waals surface area contributed by atoms with Gasteiger partial charge in [0.1, 0.15) is 17.7 Å². The molecule has 4 N–H and O–H groups in total. The average molecular weight is 487 g/mol. The van der Waals surface area contributed by atoms with Gasteiger partial charge in [-0.15, -0.1) is 0 Å². The Morgan fingerprint density at radius 2 is 1.80 bits per heavy atom. The highest BCUT2D eigenvalue weighted by atomic mass is 19.4. The van der Waals surface area contributed by atoms with Crippen molar-refractivity contribution < 1.29 is 32.6 Å². The molecule has 2 aromatic heterocycles. The lowest BCUT2D eigenvalue weighted by Crippen LogP contribution is -2.28. The fourth-order valence-corrected chi connectivity index (χ4v) is 2.95. The molecule has 0 aliphatic heterocycles. The van der Waals surface area contributed by atoms with Crippen molar-refractivity contribution >= 4 is 28.7 Å². The number of carboxylic acid groups (broad SMARTS) is 1. The zero-order valence-corrected chi connectivity index (χ0v) is 18.3. The van der Waals surface area contributed by atoms with Gasteiger partial charge in [-0.05, 0) is 35.9 Å². The molecule has 0 unspecified atom stereocenters. The summed E-state index contributed by atoms with van der Waals surface area (Å²) in [4.78, 5) is 32.7. The zero-order chi connectivity index (χ0) is 25.4. The minimum absolute atomic E-state index is 0.273. The number of carboxylic acids is 1. The largest absolute Gasteiger partial charge is 0.497 e. The fraction of sp³-hybridized carbons (Fsp3) is 0.130. The van der Waals surface area contributed by atoms with Gasteiger partial charge in [0.15, 0.2) is 0 Å². The number of amides is 2. The normalized spacial score (nSPS) is 10.7. The van der Waals surface area contributed by atoms with E-state index in [1.54, 1.807) is 7.11 Å². The number of carbonyl (C=O) groups excluding carboxylic acids is 1. The molecule has 2 amide bonds. The van der Waals surface area contributed by atoms with Gasteiger partial charge in [-0.2, -0.15) is 13.2 Å². The van der Waals surface area contributed by atoms with Crippen molar-refractivity contribution in [2.45, 2.75) is 12.7 Å². The van der Waals surface area contributed by atoms with E-state index in [0.29, 0.717) is 12.2 Å². The lowest BCUT2D eigenvalue weighted by atomic mass is 10.1. The second-order valence-corrected chi connectivity index (χ2v) is 7.00. The number of aliphatic carboxylic acids is 1. The van der Waals surface area contributed by atoms with Gasteiger partial charge in [-0.25, -0.2) is 19.6 Å². The Labute approximate surface area is 197 Å². The molecule has 9 nitrogen and oxygen atoms in total. The van der Waals surface area contributed by atoms with E-state index in [4.69, 9.17) is 14.6 Å². The highest BCUT2D eigenvalue weighted by Gasteiger charge is 2.38. The number of urea groups is 1. The number of halogens is 3. The Balaban J connectivity index is 0.000000429. The summed E-state index contributed by atoms with van der Waals surface area (Å²) in [6.45, 7) is 0.410. The standard InChI is InChI=1S/C21H19N5O2.C2HF3O2/c1-28-17-4-2-3-14(11-17)12-23-21(27)26-16-7-5-15(6-8-16)19-18-9-10-22-20(18)25-13-24-19;3-2(4,5)1(6)7/h2-11,13H,12H2,1H3,(H,22,24,25)(H2,23,26,27);(H,6,7). The number of fused-ring (bicyclic) bond motifs is 1. The summed E-state index contributed by atoms with van der Waals surface area (Å²) in [5, 5.41) is 13.7. The van der Waals surface area contributed by atoms with E-state index in [-0.39, 0.29) is 6.03 Å². The van der Waals surface area contributed by atoms with E-state index in [1.807, 2.05) is 60.8 Å². The van der Waals surface area contributed by atoms with Crippen molar-refractivity contribution in [3.8, 4) is 17.0 Å². The van der Waals surface area contributed by atoms with Crippen LogP contribution in [-0.4, -0.2) is 45.3 Å². The van der Waals surface area contributed by atoms with Crippen molar-refractivity contribution in [3.63, 3.8) is 0 Å². The van der Waals surface area contributed by atoms with Gasteiger partial charge in [-0.3, -0.25) is 0 Å². The number of hydrogen-bond acceptors (Lipinski definition) is 5. The molecular formula is C23H20F3N5O4. The minimum Gasteiger partial charge on any atom is -0.497 e. The molecule has 0 radical (unpaired) electrons. The molecule has 2 heterocycles. The Morgan fingerprint density at radius 3 is 2.46 bits per heavy atom. The topological polar surface area (TPSA) is 129 Å². The maximum atomic E-state index is 12.2. The zero-order valence-electron chi connectivity index (χ0n) is 18.3. The monoisotopic (exact) mass is 487 g/mol. The average Bonchev–Trinajstić information content (AvgIpc) is 3.32. The van der Waals surface area contributed by atoms with E-state index in [0.717, 1.165) is 33.6 Å². The van der Waals surface area contributed by atoms with Crippen molar-refractivity contribution in [3.05, 3.63) is 72.7 Å². The molecule has 4 aromatic rings. The van der Waals surface area contributed by atoms with Crippen molar-refractivity contribution in [2.24, 2.45) is 0 Å². The molecule has 0 atom stereocenters. The van der Waals surface area contributed by atoms with E-state index in [2.05, 4.69) is 25.6 Å². The van der Waals surface area contributed by atoms with E-state index >= 15 is 0 Å². The van der Waals surface area contributed by atoms with Crippen molar-refractivity contribution in [1.82, 2.24) is 20.3 Å². The van der Waals surface area contributed by atoms with Gasteiger partial charge in [0, 0.05) is 29.4 Å². The smallest absolute Gasteiger partial charge is 0.490 e. The van der Waals surface area contributed by atoms with Crippen LogP contribution in [0.2, 0.25) is 0 Å². The Kier molecular flexibility index (Phi) is 7.87. The highest BCUT2D eigenvalue weighted by Crippen LogP contribution is 2.25. The van der Waals surface area contributed by atoms with Crippen molar-refractivity contribution in [1.29, 1.82) is 0 Å². The summed E-state index contributed by atoms with van der Waals surface area (Å²) in [6.07, 6.45) is -1.71. The number of hydrogen-bond donors (Lipinski definition) is 4. The van der Waals surface area contributed by atoms with Gasteiger partial charge < -0.3 is 25.5 Å². The summed E-state index contributed by atoms with van der Waals surface area (Å²) >= 11 is 0. The minimum atomic E-state index is -5.08. The molecule has 0 saturated heterocycles. The molecule has 0 saturated carbocycles. The third-order valence-electron chi connectivity index (χ3n) is 4.60. The lowest BCUT2D eigenvalue weighted by molar-refractivity contribution is -0.192. The first-order valence-corrected chi connectivity index (χ1v) is 10.0. The Hall–Kier alpha value is -4.61. The van der Waals surface area contributed by atoms with Crippen LogP contribution in [0.3, 0.4) is 0 Å². The third-order valence-corrected chi connectivity index (χ3v) is 4.60. The number of benzene rings is 2. The van der Waals surface area contributed by atoms with E-state index < -0.39 is 12.1 Å².